The van der Waals surface area contributed by atoms with E-state index in [4.69, 9.17) is 4.74 Å². The van der Waals surface area contributed by atoms with Gasteiger partial charge in [0.05, 0.1) is 18.2 Å². The molecule has 0 aliphatic carbocycles. The van der Waals surface area contributed by atoms with Gasteiger partial charge in [-0.1, -0.05) is 30.3 Å². The van der Waals surface area contributed by atoms with Crippen LogP contribution in [0.5, 0.6) is 0 Å². The SMILES string of the molecule is CCOC(=O)[C@@]1(CCc2ccccc2)CCCN(Cc2cnn(C)c2)C1. The number of esters is 1. The van der Waals surface area contributed by atoms with E-state index in [1.54, 1.807) is 0 Å². The first-order valence-corrected chi connectivity index (χ1v) is 9.52. The predicted molar refractivity (Wildman–Crippen MR) is 102 cm³/mol. The minimum atomic E-state index is -0.410. The molecule has 0 saturated carbocycles. The molecule has 1 atom stereocenters. The van der Waals surface area contributed by atoms with Crippen molar-refractivity contribution < 1.29 is 9.53 Å². The Hall–Kier alpha value is -2.14. The topological polar surface area (TPSA) is 47.4 Å². The summed E-state index contributed by atoms with van der Waals surface area (Å²) in [5, 5.41) is 4.26. The molecule has 3 rings (SSSR count). The zero-order valence-corrected chi connectivity index (χ0v) is 15.9. The van der Waals surface area contributed by atoms with Gasteiger partial charge in [0.15, 0.2) is 0 Å². The summed E-state index contributed by atoms with van der Waals surface area (Å²) in [4.78, 5) is 15.3. The largest absolute Gasteiger partial charge is 0.466 e. The highest BCUT2D eigenvalue weighted by molar-refractivity contribution is 5.77. The van der Waals surface area contributed by atoms with Crippen LogP contribution < -0.4 is 0 Å². The zero-order chi connectivity index (χ0) is 18.4. The van der Waals surface area contributed by atoms with Crippen molar-refractivity contribution >= 4 is 5.97 Å². The normalized spacial score (nSPS) is 20.8. The first kappa shape index (κ1) is 18.6. The van der Waals surface area contributed by atoms with Gasteiger partial charge in [-0.3, -0.25) is 14.4 Å². The molecule has 2 heterocycles. The van der Waals surface area contributed by atoms with Crippen molar-refractivity contribution in [1.82, 2.24) is 14.7 Å². The van der Waals surface area contributed by atoms with Crippen LogP contribution in [0.2, 0.25) is 0 Å². The van der Waals surface area contributed by atoms with Gasteiger partial charge in [0.2, 0.25) is 0 Å². The fourth-order valence-corrected chi connectivity index (χ4v) is 3.96. The van der Waals surface area contributed by atoms with Crippen LogP contribution in [0.4, 0.5) is 0 Å². The Labute approximate surface area is 156 Å². The minimum Gasteiger partial charge on any atom is -0.466 e. The van der Waals surface area contributed by atoms with E-state index in [1.165, 1.54) is 11.1 Å². The maximum atomic E-state index is 12.9. The van der Waals surface area contributed by atoms with Crippen molar-refractivity contribution in [3.05, 3.63) is 53.9 Å². The van der Waals surface area contributed by atoms with E-state index in [9.17, 15) is 4.79 Å². The Kier molecular flexibility index (Phi) is 6.09. The van der Waals surface area contributed by atoms with E-state index < -0.39 is 5.41 Å². The molecule has 0 spiro atoms. The van der Waals surface area contributed by atoms with Crippen LogP contribution in [0.1, 0.15) is 37.3 Å². The lowest BCUT2D eigenvalue weighted by Gasteiger charge is -2.41. The van der Waals surface area contributed by atoms with Gasteiger partial charge in [-0.2, -0.15) is 5.10 Å². The number of ether oxygens (including phenoxy) is 1. The number of aryl methyl sites for hydroxylation is 2. The molecule has 1 aliphatic heterocycles. The van der Waals surface area contributed by atoms with Gasteiger partial charge in [0, 0.05) is 31.9 Å². The van der Waals surface area contributed by atoms with Gasteiger partial charge in [-0.25, -0.2) is 0 Å². The first-order valence-electron chi connectivity index (χ1n) is 9.52. The predicted octanol–water partition coefficient (Wildman–Crippen LogP) is 3.20. The average molecular weight is 355 g/mol. The molecule has 5 heteroatoms. The molecule has 140 valence electrons. The van der Waals surface area contributed by atoms with Crippen molar-refractivity contribution in [1.29, 1.82) is 0 Å². The third kappa shape index (κ3) is 4.52. The van der Waals surface area contributed by atoms with E-state index in [0.717, 1.165) is 45.3 Å². The molecule has 1 fully saturated rings. The lowest BCUT2D eigenvalue weighted by Crippen LogP contribution is -2.48. The second-order valence-electron chi connectivity index (χ2n) is 7.32. The van der Waals surface area contributed by atoms with E-state index >= 15 is 0 Å². The Bertz CT molecular complexity index is 713. The molecule has 0 radical (unpaired) electrons. The standard InChI is InChI=1S/C21H29N3O2/c1-3-26-20(25)21(12-10-18-8-5-4-6-9-18)11-7-13-24(17-21)16-19-14-22-23(2)15-19/h4-6,8-9,14-15H,3,7,10-13,16-17H2,1-2H3/t21-/m1/s1. The van der Waals surface area contributed by atoms with E-state index in [2.05, 4.69) is 34.3 Å². The lowest BCUT2D eigenvalue weighted by atomic mass is 9.75. The second-order valence-corrected chi connectivity index (χ2v) is 7.32. The fraction of sp³-hybridized carbons (Fsp3) is 0.524. The highest BCUT2D eigenvalue weighted by atomic mass is 16.5. The Morgan fingerprint density at radius 2 is 2.08 bits per heavy atom. The number of hydrogen-bond acceptors (Lipinski definition) is 4. The molecule has 0 amide bonds. The first-order chi connectivity index (χ1) is 12.6. The van der Waals surface area contributed by atoms with Gasteiger partial charge in [0.25, 0.3) is 0 Å². The summed E-state index contributed by atoms with van der Waals surface area (Å²) in [7, 11) is 1.93. The number of nitrogens with zero attached hydrogens (tertiary/aromatic N) is 3. The van der Waals surface area contributed by atoms with Gasteiger partial charge in [0.1, 0.15) is 0 Å². The third-order valence-corrected chi connectivity index (χ3v) is 5.26. The monoisotopic (exact) mass is 355 g/mol. The summed E-state index contributed by atoms with van der Waals surface area (Å²) in [5.41, 5.74) is 2.06. The molecule has 0 N–H and O–H groups in total. The van der Waals surface area contributed by atoms with E-state index in [-0.39, 0.29) is 5.97 Å². The molecule has 1 saturated heterocycles. The smallest absolute Gasteiger partial charge is 0.313 e. The van der Waals surface area contributed by atoms with Crippen LogP contribution in [0.25, 0.3) is 0 Å². The molecule has 26 heavy (non-hydrogen) atoms. The van der Waals surface area contributed by atoms with Crippen molar-refractivity contribution in [2.75, 3.05) is 19.7 Å². The minimum absolute atomic E-state index is 0.0354. The van der Waals surface area contributed by atoms with E-state index in [1.807, 2.05) is 37.1 Å². The number of carbonyl (C=O) groups is 1. The number of rotatable bonds is 7. The summed E-state index contributed by atoms with van der Waals surface area (Å²) in [5.74, 6) is -0.0354. The van der Waals surface area contributed by atoms with Crippen LogP contribution in [-0.2, 0) is 29.5 Å². The summed E-state index contributed by atoms with van der Waals surface area (Å²) < 4.78 is 7.32. The Morgan fingerprint density at radius 1 is 1.27 bits per heavy atom. The summed E-state index contributed by atoms with van der Waals surface area (Å²) in [6.45, 7) is 4.93. The molecule has 0 unspecified atom stereocenters. The number of hydrogen-bond donors (Lipinski definition) is 0. The van der Waals surface area contributed by atoms with Crippen LogP contribution in [-0.4, -0.2) is 40.3 Å². The molecular formula is C21H29N3O2. The van der Waals surface area contributed by atoms with Crippen LogP contribution in [0.15, 0.2) is 42.7 Å². The van der Waals surface area contributed by atoms with Crippen molar-refractivity contribution in [3.63, 3.8) is 0 Å². The molecule has 1 aromatic carbocycles. The van der Waals surface area contributed by atoms with Crippen LogP contribution in [0, 0.1) is 5.41 Å². The number of benzene rings is 1. The van der Waals surface area contributed by atoms with Crippen molar-refractivity contribution in [2.45, 2.75) is 39.2 Å². The summed E-state index contributed by atoms with van der Waals surface area (Å²) >= 11 is 0. The number of aromatic nitrogens is 2. The number of likely N-dealkylation sites (tertiary alicyclic amines) is 1. The maximum Gasteiger partial charge on any atom is 0.313 e. The highest BCUT2D eigenvalue weighted by Gasteiger charge is 2.43. The number of piperidine rings is 1. The highest BCUT2D eigenvalue weighted by Crippen LogP contribution is 2.36. The molecule has 2 aromatic rings. The second kappa shape index (κ2) is 8.49. The average Bonchev–Trinajstić information content (AvgIpc) is 3.06. The van der Waals surface area contributed by atoms with Gasteiger partial charge in [-0.15, -0.1) is 0 Å². The molecular weight excluding hydrogens is 326 g/mol. The van der Waals surface area contributed by atoms with Crippen molar-refractivity contribution in [3.8, 4) is 0 Å². The zero-order valence-electron chi connectivity index (χ0n) is 15.9. The molecule has 0 bridgehead atoms. The van der Waals surface area contributed by atoms with Gasteiger partial charge in [-0.05, 0) is 44.7 Å². The lowest BCUT2D eigenvalue weighted by molar-refractivity contribution is -0.160. The molecule has 1 aromatic heterocycles. The third-order valence-electron chi connectivity index (χ3n) is 5.26. The van der Waals surface area contributed by atoms with Crippen molar-refractivity contribution in [2.24, 2.45) is 12.5 Å². The summed E-state index contributed by atoms with van der Waals surface area (Å²) in [6, 6.07) is 10.4. The Morgan fingerprint density at radius 3 is 2.77 bits per heavy atom. The summed E-state index contributed by atoms with van der Waals surface area (Å²) in [6.07, 6.45) is 7.62. The van der Waals surface area contributed by atoms with Gasteiger partial charge >= 0.3 is 5.97 Å². The van der Waals surface area contributed by atoms with Crippen LogP contribution >= 0.6 is 0 Å². The number of carbonyl (C=O) groups excluding carboxylic acids is 1. The van der Waals surface area contributed by atoms with Crippen LogP contribution in [0.3, 0.4) is 0 Å². The molecule has 1 aliphatic rings. The quantitative estimate of drug-likeness (QED) is 0.716. The van der Waals surface area contributed by atoms with E-state index in [0.29, 0.717) is 6.61 Å². The maximum absolute atomic E-state index is 12.9. The van der Waals surface area contributed by atoms with Gasteiger partial charge < -0.3 is 4.74 Å². The molecule has 5 nitrogen and oxygen atoms in total. The fourth-order valence-electron chi connectivity index (χ4n) is 3.96. The Balaban J connectivity index is 1.72.